The first kappa shape index (κ1) is 19.9. The van der Waals surface area contributed by atoms with Crippen molar-refractivity contribution in [3.05, 3.63) is 52.5 Å². The van der Waals surface area contributed by atoms with Crippen LogP contribution in [-0.4, -0.2) is 63.3 Å². The second kappa shape index (κ2) is 8.47. The molecule has 146 valence electrons. The predicted molar refractivity (Wildman–Crippen MR) is 102 cm³/mol. The van der Waals surface area contributed by atoms with E-state index in [1.165, 1.54) is 27.4 Å². The lowest BCUT2D eigenvalue weighted by Crippen LogP contribution is -3.08. The lowest BCUT2D eigenvalue weighted by Gasteiger charge is -2.34. The van der Waals surface area contributed by atoms with Gasteiger partial charge in [-0.05, 0) is 29.6 Å². The monoisotopic (exact) mass is 412 g/mol. The molecule has 1 unspecified atom stereocenters. The van der Waals surface area contributed by atoms with Gasteiger partial charge in [0, 0.05) is 26.2 Å². The van der Waals surface area contributed by atoms with E-state index in [9.17, 15) is 17.6 Å². The van der Waals surface area contributed by atoms with Gasteiger partial charge in [0.2, 0.25) is 10.0 Å². The van der Waals surface area contributed by atoms with E-state index >= 15 is 0 Å². The van der Waals surface area contributed by atoms with Crippen molar-refractivity contribution < 1.29 is 22.5 Å². The molecule has 0 aliphatic carbocycles. The Hall–Kier alpha value is -1.81. The zero-order chi connectivity index (χ0) is 19.4. The van der Waals surface area contributed by atoms with Gasteiger partial charge in [0.05, 0.1) is 16.8 Å². The number of nitrogens with one attached hydrogen (secondary N) is 1. The number of hydrogen-bond acceptors (Lipinski definition) is 4. The van der Waals surface area contributed by atoms with Gasteiger partial charge in [-0.15, -0.1) is 11.3 Å². The zero-order valence-corrected chi connectivity index (χ0v) is 16.7. The maximum absolute atomic E-state index is 13.4. The van der Waals surface area contributed by atoms with E-state index in [0.717, 1.165) is 17.5 Å². The van der Waals surface area contributed by atoms with E-state index in [2.05, 4.69) is 6.07 Å². The molecule has 0 bridgehead atoms. The molecule has 1 aliphatic heterocycles. The van der Waals surface area contributed by atoms with Crippen molar-refractivity contribution in [2.24, 2.45) is 0 Å². The lowest BCUT2D eigenvalue weighted by molar-refractivity contribution is -0.885. The molecule has 6 nitrogen and oxygen atoms in total. The molecule has 1 aromatic carbocycles. The summed E-state index contributed by atoms with van der Waals surface area (Å²) in [5, 5.41) is 2.02. The molecular formula is C18H23FN3O3S2+. The van der Waals surface area contributed by atoms with E-state index in [1.54, 1.807) is 16.2 Å². The zero-order valence-electron chi connectivity index (χ0n) is 15.1. The van der Waals surface area contributed by atoms with E-state index in [4.69, 9.17) is 0 Å². The second-order valence-electron chi connectivity index (χ2n) is 6.63. The van der Waals surface area contributed by atoms with Gasteiger partial charge in [0.25, 0.3) is 5.91 Å². The first-order chi connectivity index (χ1) is 12.9. The standard InChI is InChI=1S/C18H22FN3O3S2/c1-20(13-16-5-3-11-26-16)14-18(23)21-7-9-22(10-8-21)27(24,25)17-6-2-4-15(19)12-17/h2-6,11-12H,7-10,13-14H2,1H3/p+1. The summed E-state index contributed by atoms with van der Waals surface area (Å²) in [7, 11) is -1.76. The van der Waals surface area contributed by atoms with Crippen molar-refractivity contribution in [3.8, 4) is 0 Å². The summed E-state index contributed by atoms with van der Waals surface area (Å²) in [4.78, 5) is 16.5. The predicted octanol–water partition coefficient (Wildman–Crippen LogP) is 0.435. The van der Waals surface area contributed by atoms with Crippen molar-refractivity contribution in [2.45, 2.75) is 11.4 Å². The topological polar surface area (TPSA) is 62.1 Å². The average Bonchev–Trinajstić information content (AvgIpc) is 3.14. The Balaban J connectivity index is 1.54. The van der Waals surface area contributed by atoms with Gasteiger partial charge in [-0.25, -0.2) is 12.8 Å². The van der Waals surface area contributed by atoms with E-state index < -0.39 is 15.8 Å². The Kier molecular flexibility index (Phi) is 6.25. The van der Waals surface area contributed by atoms with Crippen LogP contribution in [0.4, 0.5) is 4.39 Å². The maximum atomic E-state index is 13.4. The number of nitrogens with zero attached hydrogens (tertiary/aromatic N) is 2. The molecule has 0 radical (unpaired) electrons. The molecule has 3 rings (SSSR count). The molecule has 1 aromatic heterocycles. The minimum absolute atomic E-state index is 0.0202. The second-order valence-corrected chi connectivity index (χ2v) is 9.60. The molecule has 9 heteroatoms. The minimum atomic E-state index is -3.74. The molecule has 1 aliphatic rings. The lowest BCUT2D eigenvalue weighted by atomic mass is 10.3. The van der Waals surface area contributed by atoms with Gasteiger partial charge in [-0.3, -0.25) is 4.79 Å². The number of hydrogen-bond donors (Lipinski definition) is 1. The summed E-state index contributed by atoms with van der Waals surface area (Å²) in [6.45, 7) is 2.29. The van der Waals surface area contributed by atoms with Gasteiger partial charge in [-0.2, -0.15) is 4.31 Å². The van der Waals surface area contributed by atoms with Crippen LogP contribution in [0, 0.1) is 5.82 Å². The van der Waals surface area contributed by atoms with E-state index in [1.807, 2.05) is 18.5 Å². The highest BCUT2D eigenvalue weighted by Gasteiger charge is 2.31. The fourth-order valence-corrected chi connectivity index (χ4v) is 5.37. The van der Waals surface area contributed by atoms with Crippen LogP contribution in [0.15, 0.2) is 46.7 Å². The SMILES string of the molecule is C[NH+](CC(=O)N1CCN(S(=O)(=O)c2cccc(F)c2)CC1)Cc1cccs1. The van der Waals surface area contributed by atoms with Gasteiger partial charge < -0.3 is 9.80 Å². The number of likely N-dealkylation sites (N-methyl/N-ethyl adjacent to an activating group) is 1. The Morgan fingerprint density at radius 3 is 2.56 bits per heavy atom. The molecule has 2 aromatic rings. The van der Waals surface area contributed by atoms with Crippen LogP contribution in [0.1, 0.15) is 4.88 Å². The van der Waals surface area contributed by atoms with Crippen molar-refractivity contribution >= 4 is 27.3 Å². The molecular weight excluding hydrogens is 389 g/mol. The van der Waals surface area contributed by atoms with Crippen LogP contribution < -0.4 is 4.90 Å². The average molecular weight is 413 g/mol. The fraction of sp³-hybridized carbons (Fsp3) is 0.389. The number of amides is 1. The number of quaternary nitrogens is 1. The van der Waals surface area contributed by atoms with Crippen molar-refractivity contribution in [1.29, 1.82) is 0 Å². The molecule has 1 N–H and O–H groups in total. The Bertz CT molecular complexity index is 879. The number of benzene rings is 1. The molecule has 0 saturated carbocycles. The number of carbonyl (C=O) groups excluding carboxylic acids is 1. The van der Waals surface area contributed by atoms with Gasteiger partial charge in [-0.1, -0.05) is 12.1 Å². The highest BCUT2D eigenvalue weighted by Crippen LogP contribution is 2.18. The van der Waals surface area contributed by atoms with Gasteiger partial charge >= 0.3 is 0 Å². The Morgan fingerprint density at radius 2 is 1.93 bits per heavy atom. The quantitative estimate of drug-likeness (QED) is 0.749. The van der Waals surface area contributed by atoms with Crippen molar-refractivity contribution in [1.82, 2.24) is 9.21 Å². The molecule has 0 spiro atoms. The van der Waals surface area contributed by atoms with Crippen molar-refractivity contribution in [3.63, 3.8) is 0 Å². The third-order valence-corrected chi connectivity index (χ3v) is 7.31. The number of piperazine rings is 1. The molecule has 1 saturated heterocycles. The number of sulfonamides is 1. The summed E-state index contributed by atoms with van der Waals surface area (Å²) in [6, 6.07) is 9.05. The molecule has 27 heavy (non-hydrogen) atoms. The largest absolute Gasteiger partial charge is 0.335 e. The number of thiophene rings is 1. The third kappa shape index (κ3) is 4.92. The first-order valence-electron chi connectivity index (χ1n) is 8.73. The van der Waals surface area contributed by atoms with E-state index in [0.29, 0.717) is 19.6 Å². The van der Waals surface area contributed by atoms with Crippen molar-refractivity contribution in [2.75, 3.05) is 39.8 Å². The first-order valence-corrected chi connectivity index (χ1v) is 11.1. The van der Waals surface area contributed by atoms with Gasteiger partial charge in [0.15, 0.2) is 6.54 Å². The normalized spacial score (nSPS) is 17.0. The summed E-state index contributed by atoms with van der Waals surface area (Å²) in [5.41, 5.74) is 0. The highest BCUT2D eigenvalue weighted by atomic mass is 32.2. The molecule has 2 heterocycles. The number of carbonyl (C=O) groups is 1. The van der Waals surface area contributed by atoms with Gasteiger partial charge in [0.1, 0.15) is 12.4 Å². The van der Waals surface area contributed by atoms with Crippen LogP contribution in [-0.2, 0) is 21.4 Å². The summed E-state index contributed by atoms with van der Waals surface area (Å²) in [6.07, 6.45) is 0. The Morgan fingerprint density at radius 1 is 1.19 bits per heavy atom. The summed E-state index contributed by atoms with van der Waals surface area (Å²) < 4.78 is 39.9. The fourth-order valence-electron chi connectivity index (χ4n) is 3.10. The number of halogens is 1. The summed E-state index contributed by atoms with van der Waals surface area (Å²) >= 11 is 1.67. The van der Waals surface area contributed by atoms with Crippen LogP contribution in [0.2, 0.25) is 0 Å². The Labute approximate surface area is 162 Å². The number of rotatable bonds is 6. The maximum Gasteiger partial charge on any atom is 0.277 e. The molecule has 1 amide bonds. The molecule has 1 atom stereocenters. The highest BCUT2D eigenvalue weighted by molar-refractivity contribution is 7.89. The van der Waals surface area contributed by atoms with Crippen LogP contribution >= 0.6 is 11.3 Å². The third-order valence-electron chi connectivity index (χ3n) is 4.53. The van der Waals surface area contributed by atoms with Crippen LogP contribution in [0.3, 0.4) is 0 Å². The minimum Gasteiger partial charge on any atom is -0.335 e. The van der Waals surface area contributed by atoms with Crippen LogP contribution in [0.25, 0.3) is 0 Å². The summed E-state index contributed by atoms with van der Waals surface area (Å²) in [5.74, 6) is -0.562. The smallest absolute Gasteiger partial charge is 0.277 e. The van der Waals surface area contributed by atoms with Crippen LogP contribution in [0.5, 0.6) is 0 Å². The van der Waals surface area contributed by atoms with E-state index in [-0.39, 0.29) is 23.9 Å². The molecule has 1 fully saturated rings.